The molecule has 0 radical (unpaired) electrons. The lowest BCUT2D eigenvalue weighted by Crippen LogP contribution is -2.12. The third-order valence-corrected chi connectivity index (χ3v) is 5.07. The molecule has 0 amide bonds. The number of benzene rings is 3. The van der Waals surface area contributed by atoms with E-state index >= 15 is 0 Å². The predicted octanol–water partition coefficient (Wildman–Crippen LogP) is 5.69. The highest BCUT2D eigenvalue weighted by molar-refractivity contribution is 6.12. The fourth-order valence-corrected chi connectivity index (χ4v) is 3.22. The van der Waals surface area contributed by atoms with E-state index in [0.717, 1.165) is 5.56 Å². The van der Waals surface area contributed by atoms with Gasteiger partial charge in [0.25, 0.3) is 0 Å². The molecule has 33 heavy (non-hydrogen) atoms. The Kier molecular flexibility index (Phi) is 5.92. The Balaban J connectivity index is 1.45. The zero-order valence-corrected chi connectivity index (χ0v) is 18.5. The van der Waals surface area contributed by atoms with Crippen LogP contribution in [0.1, 0.15) is 47.8 Å². The molecule has 0 aliphatic carbocycles. The van der Waals surface area contributed by atoms with Crippen LogP contribution in [0.3, 0.4) is 0 Å². The van der Waals surface area contributed by atoms with Crippen molar-refractivity contribution in [1.29, 1.82) is 0 Å². The summed E-state index contributed by atoms with van der Waals surface area (Å²) in [7, 11) is 0. The molecule has 1 aliphatic heterocycles. The van der Waals surface area contributed by atoms with Crippen LogP contribution in [0.15, 0.2) is 83.5 Å². The summed E-state index contributed by atoms with van der Waals surface area (Å²) in [6.45, 7) is 6.32. The molecule has 166 valence electrons. The fraction of sp³-hybridized carbons (Fsp3) is 0.148. The Bertz CT molecular complexity index is 1270. The molecule has 4 rings (SSSR count). The highest BCUT2D eigenvalue weighted by Crippen LogP contribution is 2.24. The Morgan fingerprint density at radius 2 is 1.70 bits per heavy atom. The second-order valence-electron chi connectivity index (χ2n) is 8.63. The van der Waals surface area contributed by atoms with E-state index in [0.29, 0.717) is 22.4 Å². The first-order chi connectivity index (χ1) is 15.7. The zero-order valence-electron chi connectivity index (χ0n) is 18.5. The Hall–Kier alpha value is -4.06. The third kappa shape index (κ3) is 5.23. The van der Waals surface area contributed by atoms with Crippen molar-refractivity contribution in [3.05, 3.63) is 107 Å². The summed E-state index contributed by atoms with van der Waals surface area (Å²) in [5.41, 5.74) is 2.73. The zero-order chi connectivity index (χ0) is 23.6. The minimum Gasteiger partial charge on any atom is -0.423 e. The van der Waals surface area contributed by atoms with Crippen molar-refractivity contribution in [2.45, 2.75) is 26.2 Å². The maximum atomic E-state index is 13.4. The van der Waals surface area contributed by atoms with Gasteiger partial charge in [-0.15, -0.1) is 0 Å². The van der Waals surface area contributed by atoms with Crippen molar-refractivity contribution in [1.82, 2.24) is 0 Å². The number of rotatable bonds is 4. The average molecular weight is 443 g/mol. The van der Waals surface area contributed by atoms with Crippen molar-refractivity contribution in [3.8, 4) is 5.75 Å². The Labute approximate surface area is 191 Å². The van der Waals surface area contributed by atoms with Crippen molar-refractivity contribution < 1.29 is 23.5 Å². The minimum absolute atomic E-state index is 0.000608. The number of esters is 2. The number of hydrogen-bond donors (Lipinski definition) is 0. The van der Waals surface area contributed by atoms with E-state index in [4.69, 9.17) is 9.47 Å². The van der Waals surface area contributed by atoms with Crippen molar-refractivity contribution in [3.63, 3.8) is 0 Å². The predicted molar refractivity (Wildman–Crippen MR) is 124 cm³/mol. The van der Waals surface area contributed by atoms with Crippen LogP contribution in [-0.4, -0.2) is 17.8 Å². The molecule has 3 aromatic rings. The van der Waals surface area contributed by atoms with Gasteiger partial charge < -0.3 is 9.47 Å². The molecule has 0 bridgehead atoms. The van der Waals surface area contributed by atoms with Crippen molar-refractivity contribution in [2.75, 3.05) is 0 Å². The summed E-state index contributed by atoms with van der Waals surface area (Å²) >= 11 is 0. The third-order valence-electron chi connectivity index (χ3n) is 5.07. The number of nitrogens with zero attached hydrogens (tertiary/aromatic N) is 1. The molecule has 0 spiro atoms. The summed E-state index contributed by atoms with van der Waals surface area (Å²) in [6.07, 6.45) is 1.55. The normalized spacial score (nSPS) is 14.7. The van der Waals surface area contributed by atoms with Crippen LogP contribution in [0.5, 0.6) is 5.75 Å². The standard InChI is InChI=1S/C27H22FNO4/c1-27(2,3)20-11-9-18(10-12-20)25(30)32-22-13-7-17(8-14-22)15-23-26(31)33-24(29-23)19-5-4-6-21(28)16-19/h4-16H,1-3H3/b23-15-. The van der Waals surface area contributed by atoms with E-state index in [2.05, 4.69) is 25.8 Å². The summed E-state index contributed by atoms with van der Waals surface area (Å²) in [5, 5.41) is 0. The smallest absolute Gasteiger partial charge is 0.363 e. The van der Waals surface area contributed by atoms with E-state index < -0.39 is 17.8 Å². The van der Waals surface area contributed by atoms with Gasteiger partial charge in [-0.05, 0) is 65.1 Å². The summed E-state index contributed by atoms with van der Waals surface area (Å²) in [5.74, 6) is -1.10. The number of ether oxygens (including phenoxy) is 2. The SMILES string of the molecule is CC(C)(C)c1ccc(C(=O)Oc2ccc(/C=C3\N=C(c4cccc(F)c4)OC3=O)cc2)cc1. The summed E-state index contributed by atoms with van der Waals surface area (Å²) < 4.78 is 24.0. The van der Waals surface area contributed by atoms with E-state index in [-0.39, 0.29) is 17.0 Å². The molecule has 0 saturated carbocycles. The van der Waals surface area contributed by atoms with E-state index in [1.165, 1.54) is 18.2 Å². The first-order valence-electron chi connectivity index (χ1n) is 10.4. The molecule has 0 N–H and O–H groups in total. The van der Waals surface area contributed by atoms with Gasteiger partial charge in [-0.1, -0.05) is 51.1 Å². The molecule has 1 aliphatic rings. The number of halogens is 1. The molecule has 0 fully saturated rings. The molecule has 0 atom stereocenters. The van der Waals surface area contributed by atoms with Gasteiger partial charge in [0, 0.05) is 5.56 Å². The first-order valence-corrected chi connectivity index (χ1v) is 10.4. The van der Waals surface area contributed by atoms with Gasteiger partial charge in [-0.2, -0.15) is 0 Å². The molecule has 0 saturated heterocycles. The van der Waals surface area contributed by atoms with Crippen LogP contribution in [0.4, 0.5) is 4.39 Å². The van der Waals surface area contributed by atoms with Crippen LogP contribution >= 0.6 is 0 Å². The van der Waals surface area contributed by atoms with E-state index in [9.17, 15) is 14.0 Å². The maximum absolute atomic E-state index is 13.4. The van der Waals surface area contributed by atoms with Gasteiger partial charge in [0.2, 0.25) is 5.90 Å². The minimum atomic E-state index is -0.622. The van der Waals surface area contributed by atoms with Gasteiger partial charge in [0.1, 0.15) is 11.6 Å². The molecule has 3 aromatic carbocycles. The van der Waals surface area contributed by atoms with Crippen LogP contribution in [0, 0.1) is 5.82 Å². The molecule has 1 heterocycles. The van der Waals surface area contributed by atoms with Gasteiger partial charge >= 0.3 is 11.9 Å². The molecule has 0 unspecified atom stereocenters. The van der Waals surface area contributed by atoms with Crippen LogP contribution in [-0.2, 0) is 14.9 Å². The van der Waals surface area contributed by atoms with Gasteiger partial charge in [0.05, 0.1) is 5.56 Å². The molecule has 5 nitrogen and oxygen atoms in total. The molecule has 6 heteroatoms. The number of carbonyl (C=O) groups excluding carboxylic acids is 2. The van der Waals surface area contributed by atoms with Crippen LogP contribution < -0.4 is 4.74 Å². The fourth-order valence-electron chi connectivity index (χ4n) is 3.22. The number of aliphatic imine (C=N–C) groups is 1. The largest absolute Gasteiger partial charge is 0.423 e. The monoisotopic (exact) mass is 443 g/mol. The average Bonchev–Trinajstić information content (AvgIpc) is 3.15. The van der Waals surface area contributed by atoms with Gasteiger partial charge in [0.15, 0.2) is 5.70 Å². The lowest BCUT2D eigenvalue weighted by Gasteiger charge is -2.18. The lowest BCUT2D eigenvalue weighted by molar-refractivity contribution is -0.129. The van der Waals surface area contributed by atoms with Crippen molar-refractivity contribution in [2.24, 2.45) is 4.99 Å². The Morgan fingerprint density at radius 1 is 1.00 bits per heavy atom. The van der Waals surface area contributed by atoms with Crippen LogP contribution in [0.25, 0.3) is 6.08 Å². The first kappa shape index (κ1) is 22.1. The molecule has 0 aromatic heterocycles. The number of cyclic esters (lactones) is 1. The van der Waals surface area contributed by atoms with Gasteiger partial charge in [-0.25, -0.2) is 19.0 Å². The van der Waals surface area contributed by atoms with Crippen molar-refractivity contribution >= 4 is 23.9 Å². The number of hydrogen-bond acceptors (Lipinski definition) is 5. The van der Waals surface area contributed by atoms with Gasteiger partial charge in [-0.3, -0.25) is 0 Å². The summed E-state index contributed by atoms with van der Waals surface area (Å²) in [6, 6.07) is 19.7. The highest BCUT2D eigenvalue weighted by Gasteiger charge is 2.24. The second-order valence-corrected chi connectivity index (χ2v) is 8.63. The highest BCUT2D eigenvalue weighted by atomic mass is 19.1. The maximum Gasteiger partial charge on any atom is 0.363 e. The lowest BCUT2D eigenvalue weighted by atomic mass is 9.87. The number of carbonyl (C=O) groups is 2. The van der Waals surface area contributed by atoms with Crippen LogP contribution in [0.2, 0.25) is 0 Å². The second kappa shape index (κ2) is 8.82. The molecular formula is C27H22FNO4. The van der Waals surface area contributed by atoms with E-state index in [1.54, 1.807) is 48.5 Å². The summed E-state index contributed by atoms with van der Waals surface area (Å²) in [4.78, 5) is 28.7. The quantitative estimate of drug-likeness (QED) is 0.295. The Morgan fingerprint density at radius 3 is 2.33 bits per heavy atom. The topological polar surface area (TPSA) is 65.0 Å². The van der Waals surface area contributed by atoms with E-state index in [1.807, 2.05) is 12.1 Å². The molecular weight excluding hydrogens is 421 g/mol.